The average molecular weight is 213 g/mol. The number of ether oxygens (including phenoxy) is 1. The molecular formula is C12H23NO2. The molecule has 1 saturated heterocycles. The second-order valence-corrected chi connectivity index (χ2v) is 4.99. The fourth-order valence-corrected chi connectivity index (χ4v) is 2.78. The number of aliphatic hydroxyl groups excluding tert-OH is 1. The highest BCUT2D eigenvalue weighted by molar-refractivity contribution is 4.81. The lowest BCUT2D eigenvalue weighted by molar-refractivity contribution is 0.0424. The van der Waals surface area contributed by atoms with Crippen LogP contribution in [-0.2, 0) is 4.74 Å². The Morgan fingerprint density at radius 3 is 2.67 bits per heavy atom. The second kappa shape index (κ2) is 5.28. The van der Waals surface area contributed by atoms with E-state index in [1.807, 2.05) is 0 Å². The molecule has 2 rings (SSSR count). The first-order valence-electron chi connectivity index (χ1n) is 6.29. The topological polar surface area (TPSA) is 32.7 Å². The summed E-state index contributed by atoms with van der Waals surface area (Å²) in [6.45, 7) is 5.31. The van der Waals surface area contributed by atoms with E-state index in [0.29, 0.717) is 12.1 Å². The summed E-state index contributed by atoms with van der Waals surface area (Å²) >= 11 is 0. The van der Waals surface area contributed by atoms with Crippen LogP contribution < -0.4 is 0 Å². The molecule has 0 aromatic rings. The van der Waals surface area contributed by atoms with E-state index in [1.165, 1.54) is 6.54 Å². The van der Waals surface area contributed by atoms with Gasteiger partial charge in [-0.25, -0.2) is 0 Å². The van der Waals surface area contributed by atoms with Crippen LogP contribution in [-0.4, -0.2) is 48.0 Å². The van der Waals surface area contributed by atoms with Gasteiger partial charge in [-0.1, -0.05) is 0 Å². The van der Waals surface area contributed by atoms with Gasteiger partial charge in [0.2, 0.25) is 0 Å². The highest BCUT2D eigenvalue weighted by Crippen LogP contribution is 2.24. The van der Waals surface area contributed by atoms with Gasteiger partial charge in [-0.3, -0.25) is 4.90 Å². The van der Waals surface area contributed by atoms with Gasteiger partial charge in [-0.2, -0.15) is 0 Å². The summed E-state index contributed by atoms with van der Waals surface area (Å²) in [5.41, 5.74) is 0. The van der Waals surface area contributed by atoms with Gasteiger partial charge in [0.05, 0.1) is 12.2 Å². The molecule has 0 bridgehead atoms. The molecule has 1 atom stereocenters. The van der Waals surface area contributed by atoms with Gasteiger partial charge < -0.3 is 9.84 Å². The van der Waals surface area contributed by atoms with Gasteiger partial charge in [0, 0.05) is 25.7 Å². The summed E-state index contributed by atoms with van der Waals surface area (Å²) in [5.74, 6) is 0. The van der Waals surface area contributed by atoms with Gasteiger partial charge in [0.15, 0.2) is 0 Å². The SMILES string of the molecule is CC1CN(C2CCC(O)CC2)CCCO1. The smallest absolute Gasteiger partial charge is 0.0674 e. The summed E-state index contributed by atoms with van der Waals surface area (Å²) in [5, 5.41) is 9.49. The number of aliphatic hydroxyl groups is 1. The largest absolute Gasteiger partial charge is 0.393 e. The molecule has 1 aliphatic carbocycles. The number of nitrogens with zero attached hydrogens (tertiary/aromatic N) is 1. The molecule has 1 heterocycles. The van der Waals surface area contributed by atoms with E-state index in [2.05, 4.69) is 11.8 Å². The summed E-state index contributed by atoms with van der Waals surface area (Å²) in [7, 11) is 0. The minimum absolute atomic E-state index is 0.0399. The molecule has 0 spiro atoms. The zero-order valence-corrected chi connectivity index (χ0v) is 9.69. The number of hydrogen-bond donors (Lipinski definition) is 1. The quantitative estimate of drug-likeness (QED) is 0.714. The maximum Gasteiger partial charge on any atom is 0.0674 e. The molecule has 1 N–H and O–H groups in total. The molecule has 0 amide bonds. The van der Waals surface area contributed by atoms with Crippen LogP contribution in [0.2, 0.25) is 0 Å². The lowest BCUT2D eigenvalue weighted by Gasteiger charge is -2.35. The fourth-order valence-electron chi connectivity index (χ4n) is 2.78. The third-order valence-corrected chi connectivity index (χ3v) is 3.67. The highest BCUT2D eigenvalue weighted by atomic mass is 16.5. The van der Waals surface area contributed by atoms with Crippen LogP contribution in [0.5, 0.6) is 0 Å². The van der Waals surface area contributed by atoms with Gasteiger partial charge >= 0.3 is 0 Å². The minimum atomic E-state index is -0.0399. The van der Waals surface area contributed by atoms with Crippen LogP contribution in [0.1, 0.15) is 39.0 Å². The molecule has 1 unspecified atom stereocenters. The van der Waals surface area contributed by atoms with Crippen LogP contribution in [0.15, 0.2) is 0 Å². The van der Waals surface area contributed by atoms with Crippen LogP contribution in [0.4, 0.5) is 0 Å². The Kier molecular flexibility index (Phi) is 4.00. The fraction of sp³-hybridized carbons (Fsp3) is 1.00. The summed E-state index contributed by atoms with van der Waals surface area (Å²) in [4.78, 5) is 2.57. The van der Waals surface area contributed by atoms with Crippen molar-refractivity contribution in [3.63, 3.8) is 0 Å². The zero-order valence-electron chi connectivity index (χ0n) is 9.69. The predicted octanol–water partition coefficient (Wildman–Crippen LogP) is 1.40. The standard InChI is InChI=1S/C12H23NO2/c1-10-9-13(7-2-8-15-10)11-3-5-12(14)6-4-11/h10-12,14H,2-9H2,1H3. The summed E-state index contributed by atoms with van der Waals surface area (Å²) < 4.78 is 5.65. The Balaban J connectivity index is 1.85. The van der Waals surface area contributed by atoms with Crippen molar-refractivity contribution in [2.45, 2.75) is 57.3 Å². The molecule has 3 nitrogen and oxygen atoms in total. The van der Waals surface area contributed by atoms with Crippen molar-refractivity contribution in [1.29, 1.82) is 0 Å². The van der Waals surface area contributed by atoms with Crippen molar-refractivity contribution in [3.8, 4) is 0 Å². The Morgan fingerprint density at radius 2 is 1.93 bits per heavy atom. The van der Waals surface area contributed by atoms with E-state index in [-0.39, 0.29) is 6.10 Å². The van der Waals surface area contributed by atoms with E-state index in [0.717, 1.165) is 45.3 Å². The molecular weight excluding hydrogens is 190 g/mol. The van der Waals surface area contributed by atoms with Crippen molar-refractivity contribution in [2.75, 3.05) is 19.7 Å². The number of rotatable bonds is 1. The molecule has 15 heavy (non-hydrogen) atoms. The molecule has 2 aliphatic rings. The second-order valence-electron chi connectivity index (χ2n) is 4.99. The first-order chi connectivity index (χ1) is 7.25. The Bertz CT molecular complexity index is 190. The molecule has 0 aromatic carbocycles. The first kappa shape index (κ1) is 11.4. The van der Waals surface area contributed by atoms with E-state index in [1.54, 1.807) is 0 Å². The molecule has 1 aliphatic heterocycles. The van der Waals surface area contributed by atoms with Gasteiger partial charge in [-0.05, 0) is 39.0 Å². The normalized spacial score (nSPS) is 40.0. The van der Waals surface area contributed by atoms with Crippen molar-refractivity contribution in [1.82, 2.24) is 4.90 Å². The lowest BCUT2D eigenvalue weighted by Crippen LogP contribution is -2.42. The van der Waals surface area contributed by atoms with Crippen LogP contribution in [0.3, 0.4) is 0 Å². The first-order valence-corrected chi connectivity index (χ1v) is 6.29. The van der Waals surface area contributed by atoms with E-state index in [4.69, 9.17) is 4.74 Å². The molecule has 2 fully saturated rings. The van der Waals surface area contributed by atoms with E-state index < -0.39 is 0 Å². The van der Waals surface area contributed by atoms with Gasteiger partial charge in [0.1, 0.15) is 0 Å². The Hall–Kier alpha value is -0.120. The van der Waals surface area contributed by atoms with Crippen LogP contribution in [0, 0.1) is 0 Å². The monoisotopic (exact) mass is 213 g/mol. The lowest BCUT2D eigenvalue weighted by atomic mass is 9.92. The van der Waals surface area contributed by atoms with Crippen molar-refractivity contribution >= 4 is 0 Å². The highest BCUT2D eigenvalue weighted by Gasteiger charge is 2.26. The Morgan fingerprint density at radius 1 is 1.20 bits per heavy atom. The minimum Gasteiger partial charge on any atom is -0.393 e. The van der Waals surface area contributed by atoms with Crippen molar-refractivity contribution in [2.24, 2.45) is 0 Å². The summed E-state index contributed by atoms with van der Waals surface area (Å²) in [6, 6.07) is 0.692. The molecule has 0 radical (unpaired) electrons. The molecule has 3 heteroatoms. The summed E-state index contributed by atoms with van der Waals surface area (Å²) in [6.07, 6.45) is 5.78. The maximum atomic E-state index is 9.49. The molecule has 88 valence electrons. The van der Waals surface area contributed by atoms with Crippen molar-refractivity contribution < 1.29 is 9.84 Å². The van der Waals surface area contributed by atoms with Crippen LogP contribution >= 0.6 is 0 Å². The predicted molar refractivity (Wildman–Crippen MR) is 59.9 cm³/mol. The maximum absolute atomic E-state index is 9.49. The van der Waals surface area contributed by atoms with E-state index >= 15 is 0 Å². The Labute approximate surface area is 92.4 Å². The third-order valence-electron chi connectivity index (χ3n) is 3.67. The number of hydrogen-bond acceptors (Lipinski definition) is 3. The molecule has 0 aromatic heterocycles. The van der Waals surface area contributed by atoms with Gasteiger partial charge in [-0.15, -0.1) is 0 Å². The van der Waals surface area contributed by atoms with Crippen LogP contribution in [0.25, 0.3) is 0 Å². The van der Waals surface area contributed by atoms with E-state index in [9.17, 15) is 5.11 Å². The van der Waals surface area contributed by atoms with Gasteiger partial charge in [0.25, 0.3) is 0 Å². The third kappa shape index (κ3) is 3.16. The zero-order chi connectivity index (χ0) is 10.7. The molecule has 1 saturated carbocycles. The van der Waals surface area contributed by atoms with Crippen molar-refractivity contribution in [3.05, 3.63) is 0 Å². The average Bonchev–Trinajstić information content (AvgIpc) is 2.44.